The molecular weight excluding hydrogens is 298 g/mol. The molecule has 2 aromatic rings. The minimum absolute atomic E-state index is 0.0448. The molecule has 104 valence electrons. The maximum absolute atomic E-state index is 11.6. The maximum Gasteiger partial charge on any atom is 0.303 e. The van der Waals surface area contributed by atoms with Gasteiger partial charge in [0.1, 0.15) is 10.8 Å². The molecule has 0 aliphatic rings. The summed E-state index contributed by atoms with van der Waals surface area (Å²) in [6.07, 6.45) is 0.0908. The van der Waals surface area contributed by atoms with Gasteiger partial charge in [0.2, 0.25) is 0 Å². The molecule has 1 heterocycles. The summed E-state index contributed by atoms with van der Waals surface area (Å²) in [5.41, 5.74) is 1.62. The lowest BCUT2D eigenvalue weighted by Gasteiger charge is -1.97. The van der Waals surface area contributed by atoms with Crippen LogP contribution in [-0.2, 0) is 16.0 Å². The quantitative estimate of drug-likeness (QED) is 0.887. The number of Topliss-reactive ketones (excluding diaryl/α,β-unsaturated/α-hetero) is 1. The van der Waals surface area contributed by atoms with Crippen molar-refractivity contribution >= 4 is 34.7 Å². The van der Waals surface area contributed by atoms with Crippen molar-refractivity contribution in [3.63, 3.8) is 0 Å². The van der Waals surface area contributed by atoms with Gasteiger partial charge < -0.3 is 5.11 Å². The van der Waals surface area contributed by atoms with Crippen LogP contribution in [0.4, 0.5) is 0 Å². The first-order valence-electron chi connectivity index (χ1n) is 5.98. The van der Waals surface area contributed by atoms with Crippen LogP contribution in [0.1, 0.15) is 18.5 Å². The molecule has 0 saturated heterocycles. The zero-order valence-corrected chi connectivity index (χ0v) is 12.1. The van der Waals surface area contributed by atoms with Gasteiger partial charge in [0.15, 0.2) is 0 Å². The molecule has 0 radical (unpaired) electrons. The zero-order valence-electron chi connectivity index (χ0n) is 10.5. The Morgan fingerprint density at radius 1 is 1.20 bits per heavy atom. The number of hydrogen-bond acceptors (Lipinski definition) is 4. The van der Waals surface area contributed by atoms with E-state index in [9.17, 15) is 9.59 Å². The Kier molecular flexibility index (Phi) is 4.87. The number of aromatic nitrogens is 1. The monoisotopic (exact) mass is 309 g/mol. The second kappa shape index (κ2) is 6.63. The molecule has 1 aromatic heterocycles. The highest BCUT2D eigenvalue weighted by Crippen LogP contribution is 2.25. The van der Waals surface area contributed by atoms with Crippen molar-refractivity contribution in [2.75, 3.05) is 0 Å². The third-order valence-electron chi connectivity index (χ3n) is 2.64. The van der Waals surface area contributed by atoms with Crippen molar-refractivity contribution in [3.8, 4) is 10.6 Å². The zero-order chi connectivity index (χ0) is 14.5. The minimum Gasteiger partial charge on any atom is -0.481 e. The standard InChI is InChI=1S/C14H12ClNO3S/c15-10-3-1-9(2-4-10)14-16-11(8-20-14)7-12(17)5-6-13(18)19/h1-4,8H,5-7H2,(H,18,19). The van der Waals surface area contributed by atoms with E-state index >= 15 is 0 Å². The minimum atomic E-state index is -0.960. The van der Waals surface area contributed by atoms with E-state index < -0.39 is 5.97 Å². The fourth-order valence-electron chi connectivity index (χ4n) is 1.65. The Morgan fingerprint density at radius 2 is 1.90 bits per heavy atom. The number of benzene rings is 1. The molecule has 6 heteroatoms. The van der Waals surface area contributed by atoms with E-state index in [0.29, 0.717) is 10.7 Å². The fourth-order valence-corrected chi connectivity index (χ4v) is 2.60. The van der Waals surface area contributed by atoms with Gasteiger partial charge >= 0.3 is 5.97 Å². The molecule has 1 aromatic carbocycles. The third-order valence-corrected chi connectivity index (χ3v) is 3.83. The lowest BCUT2D eigenvalue weighted by molar-refractivity contribution is -0.138. The number of ketones is 1. The lowest BCUT2D eigenvalue weighted by Crippen LogP contribution is -2.06. The van der Waals surface area contributed by atoms with E-state index in [1.165, 1.54) is 11.3 Å². The van der Waals surface area contributed by atoms with E-state index in [0.717, 1.165) is 10.6 Å². The van der Waals surface area contributed by atoms with Gasteiger partial charge in [-0.05, 0) is 12.1 Å². The van der Waals surface area contributed by atoms with Crippen molar-refractivity contribution in [2.45, 2.75) is 19.3 Å². The van der Waals surface area contributed by atoms with Gasteiger partial charge in [0.05, 0.1) is 12.1 Å². The predicted molar refractivity (Wildman–Crippen MR) is 78.1 cm³/mol. The summed E-state index contributed by atoms with van der Waals surface area (Å²) in [4.78, 5) is 26.4. The first-order valence-corrected chi connectivity index (χ1v) is 7.24. The van der Waals surface area contributed by atoms with Crippen LogP contribution < -0.4 is 0 Å². The summed E-state index contributed by atoms with van der Waals surface area (Å²) in [7, 11) is 0. The van der Waals surface area contributed by atoms with E-state index in [2.05, 4.69) is 4.98 Å². The Hall–Kier alpha value is -1.72. The van der Waals surface area contributed by atoms with Gasteiger partial charge in [-0.25, -0.2) is 4.98 Å². The van der Waals surface area contributed by atoms with Crippen molar-refractivity contribution < 1.29 is 14.7 Å². The molecule has 2 rings (SSSR count). The largest absolute Gasteiger partial charge is 0.481 e. The number of carboxylic acids is 1. The maximum atomic E-state index is 11.6. The number of nitrogens with zero attached hydrogens (tertiary/aromatic N) is 1. The van der Waals surface area contributed by atoms with Gasteiger partial charge in [0, 0.05) is 28.8 Å². The van der Waals surface area contributed by atoms with Gasteiger partial charge in [-0.2, -0.15) is 0 Å². The van der Waals surface area contributed by atoms with Crippen molar-refractivity contribution in [1.82, 2.24) is 4.98 Å². The molecule has 0 unspecified atom stereocenters. The topological polar surface area (TPSA) is 67.3 Å². The van der Waals surface area contributed by atoms with E-state index in [4.69, 9.17) is 16.7 Å². The molecule has 1 N–H and O–H groups in total. The summed E-state index contributed by atoms with van der Waals surface area (Å²) >= 11 is 7.28. The second-order valence-electron chi connectivity index (χ2n) is 4.26. The highest BCUT2D eigenvalue weighted by molar-refractivity contribution is 7.13. The summed E-state index contributed by atoms with van der Waals surface area (Å²) < 4.78 is 0. The number of hydrogen-bond donors (Lipinski definition) is 1. The molecule has 0 aliphatic carbocycles. The van der Waals surface area contributed by atoms with Crippen molar-refractivity contribution in [1.29, 1.82) is 0 Å². The van der Waals surface area contributed by atoms with Crippen molar-refractivity contribution in [2.24, 2.45) is 0 Å². The third kappa shape index (κ3) is 4.15. The van der Waals surface area contributed by atoms with Crippen LogP contribution >= 0.6 is 22.9 Å². The Bertz CT molecular complexity index is 622. The second-order valence-corrected chi connectivity index (χ2v) is 5.55. The molecule has 0 spiro atoms. The Labute approximate surface area is 125 Å². The average Bonchev–Trinajstić information content (AvgIpc) is 2.85. The number of rotatable bonds is 6. The number of carboxylic acid groups (broad SMARTS) is 1. The molecule has 0 fully saturated rings. The molecule has 0 aliphatic heterocycles. The van der Waals surface area contributed by atoms with Crippen LogP contribution in [0.5, 0.6) is 0 Å². The molecule has 20 heavy (non-hydrogen) atoms. The summed E-state index contributed by atoms with van der Waals surface area (Å²) in [5, 5.41) is 11.8. The fraction of sp³-hybridized carbons (Fsp3) is 0.214. The van der Waals surface area contributed by atoms with Gasteiger partial charge in [-0.1, -0.05) is 23.7 Å². The molecule has 0 amide bonds. The van der Waals surface area contributed by atoms with Crippen LogP contribution in [0.2, 0.25) is 5.02 Å². The first kappa shape index (κ1) is 14.7. The SMILES string of the molecule is O=C(O)CCC(=O)Cc1csc(-c2ccc(Cl)cc2)n1. The number of aliphatic carboxylic acids is 1. The van der Waals surface area contributed by atoms with E-state index in [-0.39, 0.29) is 25.0 Å². The van der Waals surface area contributed by atoms with Gasteiger partial charge in [-0.3, -0.25) is 9.59 Å². The normalized spacial score (nSPS) is 10.4. The van der Waals surface area contributed by atoms with Crippen LogP contribution in [-0.4, -0.2) is 21.8 Å². The highest BCUT2D eigenvalue weighted by Gasteiger charge is 2.10. The first-order chi connectivity index (χ1) is 9.54. The van der Waals surface area contributed by atoms with E-state index in [1.54, 1.807) is 12.1 Å². The van der Waals surface area contributed by atoms with Gasteiger partial charge in [0.25, 0.3) is 0 Å². The smallest absolute Gasteiger partial charge is 0.303 e. The average molecular weight is 310 g/mol. The Morgan fingerprint density at radius 3 is 2.55 bits per heavy atom. The molecule has 4 nitrogen and oxygen atoms in total. The predicted octanol–water partition coefficient (Wildman–Crippen LogP) is 3.44. The van der Waals surface area contributed by atoms with Gasteiger partial charge in [-0.15, -0.1) is 11.3 Å². The molecule has 0 bridgehead atoms. The summed E-state index contributed by atoms with van der Waals surface area (Å²) in [6, 6.07) is 7.32. The number of carbonyl (C=O) groups excluding carboxylic acids is 1. The molecule has 0 saturated carbocycles. The highest BCUT2D eigenvalue weighted by atomic mass is 35.5. The Balaban J connectivity index is 2.00. The van der Waals surface area contributed by atoms with Crippen LogP contribution in [0.15, 0.2) is 29.6 Å². The van der Waals surface area contributed by atoms with Crippen LogP contribution in [0.25, 0.3) is 10.6 Å². The number of carbonyl (C=O) groups is 2. The number of halogens is 1. The molecular formula is C14H12ClNO3S. The van der Waals surface area contributed by atoms with Crippen LogP contribution in [0, 0.1) is 0 Å². The van der Waals surface area contributed by atoms with Crippen molar-refractivity contribution in [3.05, 3.63) is 40.4 Å². The summed E-state index contributed by atoms with van der Waals surface area (Å²) in [5.74, 6) is -1.07. The lowest BCUT2D eigenvalue weighted by atomic mass is 10.1. The number of thiazole rings is 1. The van der Waals surface area contributed by atoms with E-state index in [1.807, 2.05) is 17.5 Å². The summed E-state index contributed by atoms with van der Waals surface area (Å²) in [6.45, 7) is 0. The van der Waals surface area contributed by atoms with Crippen LogP contribution in [0.3, 0.4) is 0 Å². The molecule has 0 atom stereocenters.